The Hall–Kier alpha value is -1.18. The van der Waals surface area contributed by atoms with E-state index in [0.717, 1.165) is 0 Å². The lowest BCUT2D eigenvalue weighted by Crippen LogP contribution is -2.46. The largest absolute Gasteiger partial charge is 0.393 e. The first-order chi connectivity index (χ1) is 6.37. The van der Waals surface area contributed by atoms with Gasteiger partial charge < -0.3 is 21.3 Å². The molecule has 0 aliphatic carbocycles. The predicted molar refractivity (Wildman–Crippen MR) is 48.3 cm³/mol. The van der Waals surface area contributed by atoms with Crippen LogP contribution in [-0.4, -0.2) is 47.4 Å². The number of imide groups is 1. The molecule has 0 heterocycles. The van der Waals surface area contributed by atoms with Gasteiger partial charge in [-0.15, -0.1) is 0 Å². The van der Waals surface area contributed by atoms with Crippen molar-refractivity contribution in [1.82, 2.24) is 10.6 Å². The van der Waals surface area contributed by atoms with Gasteiger partial charge in [-0.3, -0.25) is 10.1 Å². The van der Waals surface area contributed by atoms with Gasteiger partial charge in [0.2, 0.25) is 5.91 Å². The van der Waals surface area contributed by atoms with Crippen molar-refractivity contribution in [3.8, 4) is 0 Å². The first kappa shape index (κ1) is 12.8. The van der Waals surface area contributed by atoms with E-state index in [1.54, 1.807) is 0 Å². The summed E-state index contributed by atoms with van der Waals surface area (Å²) in [5.74, 6) is -0.591. The monoisotopic (exact) mass is 205 g/mol. The molecule has 0 radical (unpaired) electrons. The molecule has 1 atom stereocenters. The number of nitrogens with two attached hydrogens (primary N) is 1. The standard InChI is InChI=1S/C7H15N3O4/c1-7(14,4-11)3-9-2-5(12)10-6(8)13/h9,11,14H,2-4H2,1H3,(H3,8,10,12,13). The van der Waals surface area contributed by atoms with Crippen molar-refractivity contribution < 1.29 is 19.8 Å². The Morgan fingerprint density at radius 2 is 2.07 bits per heavy atom. The van der Waals surface area contributed by atoms with Gasteiger partial charge in [0.1, 0.15) is 0 Å². The lowest BCUT2D eigenvalue weighted by Gasteiger charge is -2.20. The smallest absolute Gasteiger partial charge is 0.318 e. The average Bonchev–Trinajstić information content (AvgIpc) is 2.02. The topological polar surface area (TPSA) is 125 Å². The van der Waals surface area contributed by atoms with Crippen LogP contribution in [0.25, 0.3) is 0 Å². The number of primary amides is 1. The van der Waals surface area contributed by atoms with Gasteiger partial charge in [-0.25, -0.2) is 4.79 Å². The molecule has 0 aromatic rings. The molecule has 0 aromatic carbocycles. The lowest BCUT2D eigenvalue weighted by molar-refractivity contribution is -0.119. The number of rotatable bonds is 5. The Labute approximate surface area is 81.3 Å². The van der Waals surface area contributed by atoms with Gasteiger partial charge in [0.05, 0.1) is 18.8 Å². The summed E-state index contributed by atoms with van der Waals surface area (Å²) in [5.41, 5.74) is 3.40. The van der Waals surface area contributed by atoms with Crippen LogP contribution >= 0.6 is 0 Å². The van der Waals surface area contributed by atoms with Crippen LogP contribution in [0.3, 0.4) is 0 Å². The summed E-state index contributed by atoms with van der Waals surface area (Å²) in [4.78, 5) is 21.0. The zero-order chi connectivity index (χ0) is 11.2. The third-order valence-electron chi connectivity index (χ3n) is 1.39. The molecule has 7 nitrogen and oxygen atoms in total. The van der Waals surface area contributed by atoms with Crippen molar-refractivity contribution in [3.05, 3.63) is 0 Å². The minimum Gasteiger partial charge on any atom is -0.393 e. The summed E-state index contributed by atoms with van der Waals surface area (Å²) in [5, 5.41) is 22.3. The first-order valence-corrected chi connectivity index (χ1v) is 4.00. The van der Waals surface area contributed by atoms with E-state index in [0.29, 0.717) is 0 Å². The molecule has 6 N–H and O–H groups in total. The molecule has 14 heavy (non-hydrogen) atoms. The second-order valence-electron chi connectivity index (χ2n) is 3.17. The Bertz CT molecular complexity index is 217. The van der Waals surface area contributed by atoms with Gasteiger partial charge in [0, 0.05) is 6.54 Å². The molecule has 0 aliphatic rings. The van der Waals surface area contributed by atoms with Crippen LogP contribution in [0.15, 0.2) is 0 Å². The molecule has 0 fully saturated rings. The Morgan fingerprint density at radius 1 is 1.50 bits per heavy atom. The maximum atomic E-state index is 10.8. The summed E-state index contributed by atoms with van der Waals surface area (Å²) in [6, 6.07) is -0.925. The van der Waals surface area contributed by atoms with Crippen LogP contribution in [0.1, 0.15) is 6.92 Å². The van der Waals surface area contributed by atoms with Crippen LogP contribution in [-0.2, 0) is 4.79 Å². The van der Waals surface area contributed by atoms with Crippen LogP contribution in [0, 0.1) is 0 Å². The van der Waals surface area contributed by atoms with Gasteiger partial charge in [-0.2, -0.15) is 0 Å². The molecule has 7 heteroatoms. The van der Waals surface area contributed by atoms with Gasteiger partial charge in [-0.1, -0.05) is 0 Å². The van der Waals surface area contributed by atoms with Crippen molar-refractivity contribution >= 4 is 11.9 Å². The van der Waals surface area contributed by atoms with Crippen molar-refractivity contribution in [1.29, 1.82) is 0 Å². The minimum atomic E-state index is -1.28. The van der Waals surface area contributed by atoms with E-state index in [-0.39, 0.29) is 13.1 Å². The van der Waals surface area contributed by atoms with E-state index in [4.69, 9.17) is 5.11 Å². The van der Waals surface area contributed by atoms with Crippen molar-refractivity contribution in [3.63, 3.8) is 0 Å². The molecule has 0 saturated heterocycles. The summed E-state index contributed by atoms with van der Waals surface area (Å²) in [6.45, 7) is 0.873. The van der Waals surface area contributed by atoms with E-state index in [2.05, 4.69) is 11.1 Å². The molecule has 0 aliphatic heterocycles. The Kier molecular flexibility index (Phi) is 5.06. The van der Waals surface area contributed by atoms with Crippen LogP contribution in [0.2, 0.25) is 0 Å². The molecular weight excluding hydrogens is 190 g/mol. The Morgan fingerprint density at radius 3 is 2.50 bits per heavy atom. The number of urea groups is 1. The van der Waals surface area contributed by atoms with Crippen LogP contribution in [0.5, 0.6) is 0 Å². The van der Waals surface area contributed by atoms with Gasteiger partial charge in [-0.05, 0) is 6.92 Å². The van der Waals surface area contributed by atoms with Crippen molar-refractivity contribution in [2.75, 3.05) is 19.7 Å². The summed E-state index contributed by atoms with van der Waals surface area (Å²) in [7, 11) is 0. The molecule has 0 spiro atoms. The number of aliphatic hydroxyl groups is 2. The van der Waals surface area contributed by atoms with Gasteiger partial charge >= 0.3 is 6.03 Å². The molecule has 1 unspecified atom stereocenters. The molecule has 0 aromatic heterocycles. The fourth-order valence-electron chi connectivity index (χ4n) is 0.683. The van der Waals surface area contributed by atoms with Crippen LogP contribution in [0.4, 0.5) is 4.79 Å². The molecule has 0 bridgehead atoms. The van der Waals surface area contributed by atoms with Crippen molar-refractivity contribution in [2.24, 2.45) is 5.73 Å². The molecule has 0 rings (SSSR count). The van der Waals surface area contributed by atoms with E-state index in [1.165, 1.54) is 6.92 Å². The minimum absolute atomic E-state index is 0.0374. The maximum Gasteiger partial charge on any atom is 0.318 e. The van der Waals surface area contributed by atoms with E-state index in [9.17, 15) is 14.7 Å². The number of amides is 3. The highest BCUT2D eigenvalue weighted by atomic mass is 16.3. The number of aliphatic hydroxyl groups excluding tert-OH is 1. The number of hydrogen-bond acceptors (Lipinski definition) is 5. The third-order valence-corrected chi connectivity index (χ3v) is 1.39. The third kappa shape index (κ3) is 6.35. The van der Waals surface area contributed by atoms with Gasteiger partial charge in [0.25, 0.3) is 0 Å². The average molecular weight is 205 g/mol. The second kappa shape index (κ2) is 5.53. The number of hydrogen-bond donors (Lipinski definition) is 5. The number of carbonyl (C=O) groups excluding carboxylic acids is 2. The fraction of sp³-hybridized carbons (Fsp3) is 0.714. The van der Waals surface area contributed by atoms with E-state index >= 15 is 0 Å². The van der Waals surface area contributed by atoms with Crippen molar-refractivity contribution in [2.45, 2.75) is 12.5 Å². The highest BCUT2D eigenvalue weighted by molar-refractivity contribution is 5.94. The highest BCUT2D eigenvalue weighted by Gasteiger charge is 2.18. The molecular formula is C7H15N3O4. The zero-order valence-electron chi connectivity index (χ0n) is 7.91. The SMILES string of the molecule is CC(O)(CO)CNCC(=O)NC(N)=O. The second-order valence-corrected chi connectivity index (χ2v) is 3.17. The molecule has 0 saturated carbocycles. The maximum absolute atomic E-state index is 10.8. The first-order valence-electron chi connectivity index (χ1n) is 4.00. The Balaban J connectivity index is 3.64. The number of carbonyl (C=O) groups is 2. The van der Waals surface area contributed by atoms with E-state index < -0.39 is 24.1 Å². The summed E-state index contributed by atoms with van der Waals surface area (Å²) < 4.78 is 0. The summed E-state index contributed by atoms with van der Waals surface area (Å²) in [6.07, 6.45) is 0. The molecule has 82 valence electrons. The number of nitrogens with one attached hydrogen (secondary N) is 2. The highest BCUT2D eigenvalue weighted by Crippen LogP contribution is 1.97. The van der Waals surface area contributed by atoms with E-state index in [1.807, 2.05) is 5.32 Å². The predicted octanol–water partition coefficient (Wildman–Crippen LogP) is -2.49. The van der Waals surface area contributed by atoms with Crippen LogP contribution < -0.4 is 16.4 Å². The lowest BCUT2D eigenvalue weighted by atomic mass is 10.1. The fourth-order valence-corrected chi connectivity index (χ4v) is 0.683. The summed E-state index contributed by atoms with van der Waals surface area (Å²) >= 11 is 0. The van der Waals surface area contributed by atoms with Gasteiger partial charge in [0.15, 0.2) is 0 Å². The normalized spacial score (nSPS) is 14.5. The molecule has 3 amide bonds. The zero-order valence-corrected chi connectivity index (χ0v) is 7.91. The quantitative estimate of drug-likeness (QED) is 0.340.